The van der Waals surface area contributed by atoms with Crippen molar-refractivity contribution in [1.82, 2.24) is 0 Å². The Bertz CT molecular complexity index is 273. The van der Waals surface area contributed by atoms with E-state index in [1.165, 1.54) is 0 Å². The summed E-state index contributed by atoms with van der Waals surface area (Å²) in [7, 11) is -2.10. The van der Waals surface area contributed by atoms with Gasteiger partial charge >= 0.3 is 8.56 Å². The van der Waals surface area contributed by atoms with Crippen LogP contribution in [0.2, 0.25) is 13.1 Å². The van der Waals surface area contributed by atoms with Crippen molar-refractivity contribution < 1.29 is 8.85 Å². The third-order valence-electron chi connectivity index (χ3n) is 2.06. The van der Waals surface area contributed by atoms with Crippen LogP contribution in [0.25, 0.3) is 0 Å². The summed E-state index contributed by atoms with van der Waals surface area (Å²) in [5.74, 6) is 2.22. The Labute approximate surface area is 115 Å². The first-order valence-electron chi connectivity index (χ1n) is 7.01. The number of allylic oxidation sites excluding steroid dienone is 2. The Morgan fingerprint density at radius 2 is 1.61 bits per heavy atom. The molecule has 0 heterocycles. The summed E-state index contributed by atoms with van der Waals surface area (Å²) < 4.78 is 12.3. The summed E-state index contributed by atoms with van der Waals surface area (Å²) in [4.78, 5) is 0. The molecule has 0 saturated heterocycles. The average molecular weight is 273 g/mol. The van der Waals surface area contributed by atoms with Crippen LogP contribution in [-0.2, 0) is 8.85 Å². The van der Waals surface area contributed by atoms with Crippen molar-refractivity contribution in [3.63, 3.8) is 0 Å². The van der Waals surface area contributed by atoms with Gasteiger partial charge in [-0.25, -0.2) is 0 Å². The van der Waals surface area contributed by atoms with E-state index >= 15 is 0 Å². The minimum absolute atomic E-state index is 0.142. The van der Waals surface area contributed by atoms with Gasteiger partial charge in [-0.05, 0) is 51.8 Å². The van der Waals surface area contributed by atoms with Crippen molar-refractivity contribution in [3.8, 4) is 0 Å². The van der Waals surface area contributed by atoms with E-state index in [-0.39, 0.29) is 5.60 Å². The summed E-state index contributed by atoms with van der Waals surface area (Å²) >= 11 is 0. The van der Waals surface area contributed by atoms with Gasteiger partial charge in [-0.3, -0.25) is 0 Å². The first-order chi connectivity index (χ1) is 7.91. The van der Waals surface area contributed by atoms with E-state index in [4.69, 9.17) is 8.85 Å². The largest absolute Gasteiger partial charge is 0.524 e. The summed E-state index contributed by atoms with van der Waals surface area (Å²) in [5, 5.41) is 0. The van der Waals surface area contributed by atoms with Crippen LogP contribution in [0.1, 0.15) is 54.9 Å². The van der Waals surface area contributed by atoms with Gasteiger partial charge in [0, 0.05) is 6.42 Å². The lowest BCUT2D eigenvalue weighted by molar-refractivity contribution is 0.0804. The smallest absolute Gasteiger partial charge is 0.392 e. The van der Waals surface area contributed by atoms with Crippen molar-refractivity contribution in [2.75, 3.05) is 0 Å². The van der Waals surface area contributed by atoms with Gasteiger partial charge in [-0.15, -0.1) is 0 Å². The van der Waals surface area contributed by atoms with Gasteiger partial charge in [0.1, 0.15) is 0 Å². The molecule has 3 heteroatoms. The lowest BCUT2D eigenvalue weighted by Gasteiger charge is -2.33. The van der Waals surface area contributed by atoms with Gasteiger partial charge in [0.2, 0.25) is 0 Å². The molecule has 0 aromatic carbocycles. The predicted molar refractivity (Wildman–Crippen MR) is 81.8 cm³/mol. The van der Waals surface area contributed by atoms with Crippen LogP contribution >= 0.6 is 0 Å². The molecular weight excluding hydrogens is 240 g/mol. The average Bonchev–Trinajstić information content (AvgIpc) is 1.92. The molecule has 0 radical (unpaired) electrons. The van der Waals surface area contributed by atoms with Gasteiger partial charge in [-0.2, -0.15) is 0 Å². The van der Waals surface area contributed by atoms with Gasteiger partial charge in [0.25, 0.3) is 0 Å². The van der Waals surface area contributed by atoms with Gasteiger partial charge in [-0.1, -0.05) is 27.7 Å². The van der Waals surface area contributed by atoms with E-state index in [0.717, 1.165) is 12.2 Å². The summed E-state index contributed by atoms with van der Waals surface area (Å²) in [6.45, 7) is 19.3. The molecule has 0 aromatic heterocycles. The maximum Gasteiger partial charge on any atom is 0.392 e. The zero-order valence-electron chi connectivity index (χ0n) is 13.8. The minimum atomic E-state index is -2.10. The van der Waals surface area contributed by atoms with E-state index < -0.39 is 8.56 Å². The molecule has 0 unspecified atom stereocenters. The maximum atomic E-state index is 6.21. The molecule has 0 aliphatic heterocycles. The molecule has 18 heavy (non-hydrogen) atoms. The molecule has 108 valence electrons. The minimum Gasteiger partial charge on any atom is -0.524 e. The van der Waals surface area contributed by atoms with Crippen LogP contribution in [-0.4, -0.2) is 14.2 Å². The van der Waals surface area contributed by atoms with Gasteiger partial charge < -0.3 is 8.85 Å². The molecule has 0 saturated carbocycles. The van der Waals surface area contributed by atoms with Crippen molar-refractivity contribution in [3.05, 3.63) is 11.8 Å². The molecule has 0 amide bonds. The Hall–Kier alpha value is -0.283. The monoisotopic (exact) mass is 272 g/mol. The third kappa shape index (κ3) is 9.72. The highest BCUT2D eigenvalue weighted by molar-refractivity contribution is 6.64. The standard InChI is InChI=1S/C15H32O2Si/c1-12(2)10-14(11-13(3)4)16-18(8,9)17-15(5,6)7/h10,12-13H,11H2,1-9H3/b14-10-. The van der Waals surface area contributed by atoms with Crippen molar-refractivity contribution in [2.24, 2.45) is 11.8 Å². The Morgan fingerprint density at radius 3 is 1.94 bits per heavy atom. The molecule has 0 aliphatic rings. The second-order valence-electron chi connectivity index (χ2n) is 7.19. The van der Waals surface area contributed by atoms with Crippen LogP contribution in [0.15, 0.2) is 11.8 Å². The normalized spacial score (nSPS) is 14.5. The molecular formula is C15H32O2Si. The molecule has 0 spiro atoms. The van der Waals surface area contributed by atoms with Crippen LogP contribution in [0.5, 0.6) is 0 Å². The second kappa shape index (κ2) is 6.76. The number of hydrogen-bond donors (Lipinski definition) is 0. The third-order valence-corrected chi connectivity index (χ3v) is 3.92. The Kier molecular flexibility index (Phi) is 6.65. The fraction of sp³-hybridized carbons (Fsp3) is 0.867. The maximum absolute atomic E-state index is 6.21. The van der Waals surface area contributed by atoms with Crippen LogP contribution in [0, 0.1) is 11.8 Å². The molecule has 0 aromatic rings. The first-order valence-corrected chi connectivity index (χ1v) is 9.83. The fourth-order valence-corrected chi connectivity index (χ4v) is 4.29. The Balaban J connectivity index is 4.76. The van der Waals surface area contributed by atoms with E-state index in [2.05, 4.69) is 67.6 Å². The van der Waals surface area contributed by atoms with E-state index in [1.54, 1.807) is 0 Å². The highest BCUT2D eigenvalue weighted by atomic mass is 28.4. The molecule has 0 bridgehead atoms. The molecule has 2 nitrogen and oxygen atoms in total. The molecule has 0 aliphatic carbocycles. The van der Waals surface area contributed by atoms with Gasteiger partial charge in [0.15, 0.2) is 0 Å². The van der Waals surface area contributed by atoms with Crippen molar-refractivity contribution in [1.29, 1.82) is 0 Å². The molecule has 0 N–H and O–H groups in total. The first kappa shape index (κ1) is 17.7. The summed E-state index contributed by atoms with van der Waals surface area (Å²) in [6, 6.07) is 0. The quantitative estimate of drug-likeness (QED) is 0.494. The van der Waals surface area contributed by atoms with Crippen LogP contribution < -0.4 is 0 Å². The molecule has 0 rings (SSSR count). The second-order valence-corrected chi connectivity index (χ2v) is 10.4. The Morgan fingerprint density at radius 1 is 1.11 bits per heavy atom. The number of rotatable bonds is 6. The van der Waals surface area contributed by atoms with Crippen molar-refractivity contribution >= 4 is 8.56 Å². The molecule has 0 fully saturated rings. The summed E-state index contributed by atoms with van der Waals surface area (Å²) in [5.41, 5.74) is -0.142. The zero-order chi connectivity index (χ0) is 14.6. The SMILES string of the molecule is CC(C)/C=C(/CC(C)C)O[Si](C)(C)OC(C)(C)C. The lowest BCUT2D eigenvalue weighted by atomic mass is 10.1. The van der Waals surface area contributed by atoms with E-state index in [1.807, 2.05) is 0 Å². The summed E-state index contributed by atoms with van der Waals surface area (Å²) in [6.07, 6.45) is 3.21. The topological polar surface area (TPSA) is 18.5 Å². The fourth-order valence-electron chi connectivity index (χ4n) is 1.99. The lowest BCUT2D eigenvalue weighted by Crippen LogP contribution is -2.42. The van der Waals surface area contributed by atoms with E-state index in [0.29, 0.717) is 11.8 Å². The van der Waals surface area contributed by atoms with Crippen molar-refractivity contribution in [2.45, 2.75) is 73.6 Å². The predicted octanol–water partition coefficient (Wildman–Crippen LogP) is 5.11. The van der Waals surface area contributed by atoms with E-state index in [9.17, 15) is 0 Å². The van der Waals surface area contributed by atoms with Gasteiger partial charge in [0.05, 0.1) is 11.4 Å². The molecule has 0 atom stereocenters. The van der Waals surface area contributed by atoms with Crippen LogP contribution in [0.3, 0.4) is 0 Å². The highest BCUT2D eigenvalue weighted by Gasteiger charge is 2.33. The zero-order valence-corrected chi connectivity index (χ0v) is 14.8. The van der Waals surface area contributed by atoms with Crippen LogP contribution in [0.4, 0.5) is 0 Å². The highest BCUT2D eigenvalue weighted by Crippen LogP contribution is 2.24. The number of hydrogen-bond acceptors (Lipinski definition) is 2.